The normalized spacial score (nSPS) is 12.9. The smallest absolute Gasteiger partial charge is 0.305 e. The molecule has 0 aliphatic heterocycles. The van der Waals surface area contributed by atoms with Crippen molar-refractivity contribution in [2.75, 3.05) is 13.2 Å². The number of nitrogens with one attached hydrogen (secondary N) is 1. The van der Waals surface area contributed by atoms with Crippen LogP contribution in [0.4, 0.5) is 0 Å². The Morgan fingerprint density at radius 1 is 0.429 bits per heavy atom. The van der Waals surface area contributed by atoms with E-state index in [2.05, 4.69) is 43.5 Å². The van der Waals surface area contributed by atoms with Gasteiger partial charge in [0.1, 0.15) is 0 Å². The van der Waals surface area contributed by atoms with E-state index in [1.54, 1.807) is 6.08 Å². The molecule has 1 amide bonds. The largest absolute Gasteiger partial charge is 0.466 e. The van der Waals surface area contributed by atoms with Gasteiger partial charge in [0.15, 0.2) is 0 Å². The lowest BCUT2D eigenvalue weighted by atomic mass is 10.0. The fourth-order valence-electron chi connectivity index (χ4n) is 8.33. The standard InChI is InChI=1S/C57H107NO5/c1-3-5-7-9-11-13-15-17-27-31-35-39-43-47-51-57(62)63-52-48-44-40-36-32-28-25-23-21-19-18-20-22-24-26-30-34-38-42-46-50-56(61)58-54(53-59)55(60)49-45-41-37-33-29-16-14-12-10-8-6-4-2/h15,17-18,20,45,49,54-55,59-60H,3-14,16,19,21-44,46-48,50-53H2,1-2H3,(H,58,61)/b17-15-,20-18-,49-45+. The van der Waals surface area contributed by atoms with Gasteiger partial charge in [0.25, 0.3) is 0 Å². The summed E-state index contributed by atoms with van der Waals surface area (Å²) in [5, 5.41) is 23.0. The van der Waals surface area contributed by atoms with Crippen LogP contribution in [0.1, 0.15) is 290 Å². The average molecular weight is 886 g/mol. The maximum atomic E-state index is 12.4. The Kier molecular flexibility index (Phi) is 51.1. The molecule has 63 heavy (non-hydrogen) atoms. The fraction of sp³-hybridized carbons (Fsp3) is 0.860. The van der Waals surface area contributed by atoms with Crippen LogP contribution in [0.2, 0.25) is 0 Å². The molecule has 370 valence electrons. The second-order valence-corrected chi connectivity index (χ2v) is 18.9. The van der Waals surface area contributed by atoms with Crippen LogP contribution in [0.5, 0.6) is 0 Å². The lowest BCUT2D eigenvalue weighted by molar-refractivity contribution is -0.143. The van der Waals surface area contributed by atoms with Crippen LogP contribution in [0, 0.1) is 0 Å². The van der Waals surface area contributed by atoms with Gasteiger partial charge < -0.3 is 20.3 Å². The van der Waals surface area contributed by atoms with E-state index >= 15 is 0 Å². The Bertz CT molecular complexity index is 1020. The zero-order valence-electron chi connectivity index (χ0n) is 42.1. The van der Waals surface area contributed by atoms with Crippen LogP contribution >= 0.6 is 0 Å². The highest BCUT2D eigenvalue weighted by atomic mass is 16.5. The van der Waals surface area contributed by atoms with Gasteiger partial charge in [-0.05, 0) is 83.5 Å². The van der Waals surface area contributed by atoms with E-state index in [0.29, 0.717) is 19.4 Å². The summed E-state index contributed by atoms with van der Waals surface area (Å²) in [6.07, 6.45) is 64.4. The molecule has 0 bridgehead atoms. The monoisotopic (exact) mass is 886 g/mol. The molecule has 0 aromatic carbocycles. The van der Waals surface area contributed by atoms with Gasteiger partial charge in [-0.25, -0.2) is 0 Å². The predicted molar refractivity (Wildman–Crippen MR) is 273 cm³/mol. The summed E-state index contributed by atoms with van der Waals surface area (Å²) in [4.78, 5) is 24.4. The molecule has 0 fully saturated rings. The summed E-state index contributed by atoms with van der Waals surface area (Å²) in [5.74, 6) is -0.0814. The van der Waals surface area contributed by atoms with Gasteiger partial charge >= 0.3 is 5.97 Å². The Morgan fingerprint density at radius 2 is 0.746 bits per heavy atom. The van der Waals surface area contributed by atoms with Crippen LogP contribution in [-0.2, 0) is 14.3 Å². The van der Waals surface area contributed by atoms with Crippen molar-refractivity contribution in [3.8, 4) is 0 Å². The van der Waals surface area contributed by atoms with Crippen LogP contribution in [-0.4, -0.2) is 47.4 Å². The minimum absolute atomic E-state index is 0.00353. The minimum atomic E-state index is -0.849. The van der Waals surface area contributed by atoms with Crippen LogP contribution in [0.3, 0.4) is 0 Å². The molecule has 0 aliphatic rings. The van der Waals surface area contributed by atoms with Crippen molar-refractivity contribution < 1.29 is 24.5 Å². The summed E-state index contributed by atoms with van der Waals surface area (Å²) in [6, 6.07) is -0.633. The number of carbonyl (C=O) groups is 2. The number of unbranched alkanes of at least 4 members (excludes halogenated alkanes) is 36. The van der Waals surface area contributed by atoms with Gasteiger partial charge in [-0.1, -0.05) is 230 Å². The summed E-state index contributed by atoms with van der Waals surface area (Å²) >= 11 is 0. The number of aliphatic hydroxyl groups is 2. The van der Waals surface area contributed by atoms with Crippen molar-refractivity contribution in [3.05, 3.63) is 36.5 Å². The van der Waals surface area contributed by atoms with Gasteiger partial charge in [-0.15, -0.1) is 0 Å². The third-order valence-corrected chi connectivity index (χ3v) is 12.6. The number of allylic oxidation sites excluding steroid dienone is 5. The minimum Gasteiger partial charge on any atom is -0.466 e. The summed E-state index contributed by atoms with van der Waals surface area (Å²) < 4.78 is 5.46. The molecule has 0 aromatic heterocycles. The van der Waals surface area contributed by atoms with E-state index in [1.165, 1.54) is 212 Å². The van der Waals surface area contributed by atoms with Gasteiger partial charge in [0.05, 0.1) is 25.4 Å². The second-order valence-electron chi connectivity index (χ2n) is 18.9. The molecule has 0 spiro atoms. The second kappa shape index (κ2) is 52.7. The number of hydrogen-bond acceptors (Lipinski definition) is 5. The number of aliphatic hydroxyl groups excluding tert-OH is 2. The lowest BCUT2D eigenvalue weighted by Crippen LogP contribution is -2.45. The Balaban J connectivity index is 3.45. The first-order chi connectivity index (χ1) is 31.0. The number of esters is 1. The zero-order valence-corrected chi connectivity index (χ0v) is 42.1. The molecule has 2 atom stereocenters. The SMILES string of the molecule is CCCCCCC/C=C\CCCCCCCC(=O)OCCCCCCCCCCC/C=C\CCCCCCCCCC(=O)NC(CO)C(O)/C=C/CCCCCCCCCCCC. The molecule has 0 aromatic rings. The molecule has 0 rings (SSSR count). The van der Waals surface area contributed by atoms with Gasteiger partial charge in [-0.2, -0.15) is 0 Å². The fourth-order valence-corrected chi connectivity index (χ4v) is 8.33. The third kappa shape index (κ3) is 49.4. The molecular formula is C57H107NO5. The Morgan fingerprint density at radius 3 is 1.13 bits per heavy atom. The summed E-state index contributed by atoms with van der Waals surface area (Å²) in [7, 11) is 0. The van der Waals surface area contributed by atoms with Crippen molar-refractivity contribution in [1.82, 2.24) is 5.32 Å². The van der Waals surface area contributed by atoms with Crippen LogP contribution in [0.15, 0.2) is 36.5 Å². The first kappa shape index (κ1) is 61.1. The van der Waals surface area contributed by atoms with Crippen molar-refractivity contribution in [2.45, 2.75) is 302 Å². The van der Waals surface area contributed by atoms with E-state index in [1.807, 2.05) is 6.08 Å². The quantitative estimate of drug-likeness (QED) is 0.0321. The van der Waals surface area contributed by atoms with Crippen LogP contribution in [0.25, 0.3) is 0 Å². The van der Waals surface area contributed by atoms with Crippen molar-refractivity contribution in [3.63, 3.8) is 0 Å². The number of amides is 1. The average Bonchev–Trinajstić information content (AvgIpc) is 3.28. The molecular weight excluding hydrogens is 779 g/mol. The molecule has 0 aliphatic carbocycles. The highest BCUT2D eigenvalue weighted by Crippen LogP contribution is 2.15. The van der Waals surface area contributed by atoms with E-state index < -0.39 is 12.1 Å². The lowest BCUT2D eigenvalue weighted by Gasteiger charge is -2.20. The Hall–Kier alpha value is -1.92. The van der Waals surface area contributed by atoms with Crippen molar-refractivity contribution in [2.24, 2.45) is 0 Å². The maximum absolute atomic E-state index is 12.4. The highest BCUT2D eigenvalue weighted by Gasteiger charge is 2.18. The van der Waals surface area contributed by atoms with Gasteiger partial charge in [-0.3, -0.25) is 9.59 Å². The van der Waals surface area contributed by atoms with E-state index in [4.69, 9.17) is 4.74 Å². The van der Waals surface area contributed by atoms with E-state index in [9.17, 15) is 19.8 Å². The molecule has 0 radical (unpaired) electrons. The molecule has 6 nitrogen and oxygen atoms in total. The summed E-state index contributed by atoms with van der Waals surface area (Å²) in [5.41, 5.74) is 0. The zero-order chi connectivity index (χ0) is 45.8. The van der Waals surface area contributed by atoms with Gasteiger partial charge in [0, 0.05) is 12.8 Å². The summed E-state index contributed by atoms with van der Waals surface area (Å²) in [6.45, 7) is 4.87. The van der Waals surface area contributed by atoms with Crippen molar-refractivity contribution >= 4 is 11.9 Å². The van der Waals surface area contributed by atoms with Crippen molar-refractivity contribution in [1.29, 1.82) is 0 Å². The number of hydrogen-bond donors (Lipinski definition) is 3. The molecule has 0 saturated heterocycles. The molecule has 0 saturated carbocycles. The maximum Gasteiger partial charge on any atom is 0.305 e. The highest BCUT2D eigenvalue weighted by molar-refractivity contribution is 5.76. The van der Waals surface area contributed by atoms with E-state index in [0.717, 1.165) is 51.4 Å². The first-order valence-corrected chi connectivity index (χ1v) is 27.8. The molecule has 3 N–H and O–H groups in total. The Labute approximate surface area is 392 Å². The third-order valence-electron chi connectivity index (χ3n) is 12.6. The number of carbonyl (C=O) groups excluding carboxylic acids is 2. The molecule has 2 unspecified atom stereocenters. The topological polar surface area (TPSA) is 95.9 Å². The number of ether oxygens (including phenoxy) is 1. The first-order valence-electron chi connectivity index (χ1n) is 27.8. The van der Waals surface area contributed by atoms with Gasteiger partial charge in [0.2, 0.25) is 5.91 Å². The molecule has 0 heterocycles. The number of rotatable bonds is 51. The van der Waals surface area contributed by atoms with Crippen LogP contribution < -0.4 is 5.32 Å². The van der Waals surface area contributed by atoms with E-state index in [-0.39, 0.29) is 18.5 Å². The molecule has 6 heteroatoms. The predicted octanol–water partition coefficient (Wildman–Crippen LogP) is 16.9.